The summed E-state index contributed by atoms with van der Waals surface area (Å²) in [4.78, 5) is 72.9. The van der Waals surface area contributed by atoms with Crippen molar-refractivity contribution in [2.45, 2.75) is 407 Å². The number of phosphoric ester groups is 2. The van der Waals surface area contributed by atoms with Crippen LogP contribution in [0.15, 0.2) is 24.3 Å². The van der Waals surface area contributed by atoms with Crippen LogP contribution in [-0.4, -0.2) is 96.7 Å². The van der Waals surface area contributed by atoms with Crippen LogP contribution < -0.4 is 0 Å². The number of hydrogen-bond acceptors (Lipinski definition) is 15. The van der Waals surface area contributed by atoms with E-state index in [1.165, 1.54) is 180 Å². The van der Waals surface area contributed by atoms with Crippen LogP contribution in [0.5, 0.6) is 0 Å². The van der Waals surface area contributed by atoms with Crippen molar-refractivity contribution in [1.82, 2.24) is 0 Å². The number of allylic oxidation sites excluding steroid dienone is 4. The summed E-state index contributed by atoms with van der Waals surface area (Å²) in [5, 5.41) is 10.6. The molecule has 0 aliphatic heterocycles. The van der Waals surface area contributed by atoms with Crippen molar-refractivity contribution in [3.63, 3.8) is 0 Å². The van der Waals surface area contributed by atoms with Gasteiger partial charge in [0.25, 0.3) is 0 Å². The summed E-state index contributed by atoms with van der Waals surface area (Å²) in [5.74, 6) is 0.158. The summed E-state index contributed by atoms with van der Waals surface area (Å²) in [6.45, 7) is 11.8. The van der Waals surface area contributed by atoms with Crippen LogP contribution in [0, 0.1) is 17.8 Å². The highest BCUT2D eigenvalue weighted by molar-refractivity contribution is 7.47. The van der Waals surface area contributed by atoms with E-state index in [4.69, 9.17) is 37.0 Å². The highest BCUT2D eigenvalue weighted by Gasteiger charge is 2.30. The number of aliphatic hydroxyl groups is 1. The van der Waals surface area contributed by atoms with Gasteiger partial charge in [-0.1, -0.05) is 336 Å². The maximum atomic E-state index is 13.1. The van der Waals surface area contributed by atoms with Gasteiger partial charge in [0.2, 0.25) is 0 Å². The molecule has 0 heterocycles. The molecule has 0 radical (unpaired) electrons. The van der Waals surface area contributed by atoms with Crippen molar-refractivity contribution in [3.8, 4) is 0 Å². The quantitative estimate of drug-likeness (QED) is 0.0169. The minimum absolute atomic E-state index is 0.0846. The molecule has 0 rings (SSSR count). The van der Waals surface area contributed by atoms with E-state index in [9.17, 15) is 43.2 Å². The van der Waals surface area contributed by atoms with Crippen molar-refractivity contribution in [2.75, 3.05) is 39.6 Å². The van der Waals surface area contributed by atoms with Crippen molar-refractivity contribution < 1.29 is 80.2 Å². The smallest absolute Gasteiger partial charge is 0.462 e. The molecule has 584 valence electrons. The molecule has 0 aliphatic carbocycles. The minimum Gasteiger partial charge on any atom is -0.462 e. The molecule has 3 N–H and O–H groups in total. The Labute approximate surface area is 605 Å². The Morgan fingerprint density at radius 2 is 0.596 bits per heavy atom. The number of ether oxygens (including phenoxy) is 4. The average Bonchev–Trinajstić information content (AvgIpc) is 1.78. The van der Waals surface area contributed by atoms with Crippen molar-refractivity contribution in [1.29, 1.82) is 0 Å². The van der Waals surface area contributed by atoms with Crippen LogP contribution in [0.3, 0.4) is 0 Å². The van der Waals surface area contributed by atoms with Gasteiger partial charge in [-0.25, -0.2) is 9.13 Å². The summed E-state index contributed by atoms with van der Waals surface area (Å²) in [7, 11) is -9.93. The van der Waals surface area contributed by atoms with E-state index in [-0.39, 0.29) is 25.7 Å². The van der Waals surface area contributed by atoms with Gasteiger partial charge >= 0.3 is 39.5 Å². The van der Waals surface area contributed by atoms with Crippen LogP contribution in [0.4, 0.5) is 0 Å². The van der Waals surface area contributed by atoms with E-state index in [0.717, 1.165) is 121 Å². The second-order valence-electron chi connectivity index (χ2n) is 29.3. The number of rotatable bonds is 76. The lowest BCUT2D eigenvalue weighted by molar-refractivity contribution is -0.161. The number of carbonyl (C=O) groups is 4. The van der Waals surface area contributed by atoms with Gasteiger partial charge in [0.15, 0.2) is 12.2 Å². The van der Waals surface area contributed by atoms with Crippen molar-refractivity contribution in [2.24, 2.45) is 17.8 Å². The molecule has 0 saturated heterocycles. The predicted molar refractivity (Wildman–Crippen MR) is 404 cm³/mol. The third-order valence-corrected chi connectivity index (χ3v) is 20.3. The third-order valence-electron chi connectivity index (χ3n) is 18.4. The number of phosphoric acid groups is 2. The van der Waals surface area contributed by atoms with Gasteiger partial charge < -0.3 is 33.8 Å². The van der Waals surface area contributed by atoms with Gasteiger partial charge in [-0.05, 0) is 69.1 Å². The molecule has 4 unspecified atom stereocenters. The Bertz CT molecular complexity index is 2020. The predicted octanol–water partition coefficient (Wildman–Crippen LogP) is 23.3. The van der Waals surface area contributed by atoms with Gasteiger partial charge in [0, 0.05) is 25.7 Å². The number of aliphatic hydroxyl groups excluding tert-OH is 1. The fourth-order valence-corrected chi connectivity index (χ4v) is 13.3. The number of carbonyl (C=O) groups excluding carboxylic acids is 4. The molecule has 99 heavy (non-hydrogen) atoms. The molecular formula is C80H152O17P2. The maximum Gasteiger partial charge on any atom is 0.472 e. The van der Waals surface area contributed by atoms with Crippen LogP contribution in [0.1, 0.15) is 389 Å². The fraction of sp³-hybridized carbons (Fsp3) is 0.900. The van der Waals surface area contributed by atoms with Gasteiger partial charge in [-0.15, -0.1) is 0 Å². The van der Waals surface area contributed by atoms with Crippen molar-refractivity contribution >= 4 is 39.5 Å². The molecule has 17 nitrogen and oxygen atoms in total. The highest BCUT2D eigenvalue weighted by atomic mass is 31.2. The fourth-order valence-electron chi connectivity index (χ4n) is 11.7. The molecule has 19 heteroatoms. The van der Waals surface area contributed by atoms with Crippen LogP contribution in [0.2, 0.25) is 0 Å². The van der Waals surface area contributed by atoms with E-state index in [1.807, 2.05) is 0 Å². The Hall–Kier alpha value is -2.46. The van der Waals surface area contributed by atoms with Gasteiger partial charge in [0.05, 0.1) is 26.4 Å². The highest BCUT2D eigenvalue weighted by Crippen LogP contribution is 2.45. The number of hydrogen-bond donors (Lipinski definition) is 3. The zero-order chi connectivity index (χ0) is 73.0. The first-order valence-electron chi connectivity index (χ1n) is 40.7. The van der Waals surface area contributed by atoms with Gasteiger partial charge in [-0.2, -0.15) is 0 Å². The van der Waals surface area contributed by atoms with Crippen LogP contribution in [-0.2, 0) is 65.4 Å². The van der Waals surface area contributed by atoms with Gasteiger partial charge in [0.1, 0.15) is 19.3 Å². The lowest BCUT2D eigenvalue weighted by Crippen LogP contribution is -2.30. The SMILES string of the molecule is CCCCCC/C=C\C=C/CCCCCCCC(=O)O[C@H](COC(=O)CCCCCCCCCCCCC(C)CC)COP(=O)(O)OCC(O)COP(=O)(O)OC[C@@H](COC(=O)CCCCCCCCC(C)C)OC(=O)CCCCCCCCCCCCCCCCCCCCC(C)C. The van der Waals surface area contributed by atoms with Crippen molar-refractivity contribution in [3.05, 3.63) is 24.3 Å². The molecule has 0 fully saturated rings. The molecule has 0 amide bonds. The summed E-state index contributed by atoms with van der Waals surface area (Å²) < 4.78 is 68.6. The van der Waals surface area contributed by atoms with Crippen LogP contribution in [0.25, 0.3) is 0 Å². The summed E-state index contributed by atoms with van der Waals surface area (Å²) in [5.41, 5.74) is 0. The summed E-state index contributed by atoms with van der Waals surface area (Å²) in [6.07, 6.45) is 60.6. The minimum atomic E-state index is -4.97. The standard InChI is InChI=1S/C80H152O17P2/c1-8-10-11-12-13-14-15-16-21-25-28-35-40-49-56-63-79(84)96-75(67-90-77(82)61-54-47-39-34-31-30-33-38-46-53-60-73(7)9-2)69-94-98(86,87)92-65-74(81)66-93-99(88,89)95-70-76(68-91-78(83)62-55-48-43-42-45-52-59-72(5)6)97-80(85)64-57-50-41-36-29-26-23-20-18-17-19-22-24-27-32-37-44-51-58-71(3)4/h14-16,21,71-76,81H,8-13,17-20,22-70H2,1-7H3,(H,86,87)(H,88,89)/b15-14-,21-16-/t73?,74?,75-,76-/m1/s1. The Morgan fingerprint density at radius 1 is 0.333 bits per heavy atom. The molecule has 0 aliphatic rings. The van der Waals surface area contributed by atoms with Crippen LogP contribution >= 0.6 is 15.6 Å². The largest absolute Gasteiger partial charge is 0.472 e. The zero-order valence-electron chi connectivity index (χ0n) is 64.4. The Balaban J connectivity index is 5.22. The lowest BCUT2D eigenvalue weighted by atomic mass is 9.99. The van der Waals surface area contributed by atoms with E-state index < -0.39 is 97.5 Å². The second kappa shape index (κ2) is 69.9. The first-order chi connectivity index (χ1) is 47.8. The molecule has 0 aromatic carbocycles. The first-order valence-corrected chi connectivity index (χ1v) is 43.7. The van der Waals surface area contributed by atoms with E-state index in [1.54, 1.807) is 0 Å². The van der Waals surface area contributed by atoms with Gasteiger partial charge in [-0.3, -0.25) is 37.3 Å². The van der Waals surface area contributed by atoms with E-state index >= 15 is 0 Å². The molecular weight excluding hydrogens is 1290 g/mol. The second-order valence-corrected chi connectivity index (χ2v) is 32.2. The number of esters is 4. The van der Waals surface area contributed by atoms with E-state index in [0.29, 0.717) is 31.6 Å². The Kier molecular flexibility index (Phi) is 68.1. The molecule has 0 bridgehead atoms. The lowest BCUT2D eigenvalue weighted by Gasteiger charge is -2.21. The number of unbranched alkanes of at least 4 members (excludes halogenated alkanes) is 40. The molecule has 0 saturated carbocycles. The summed E-state index contributed by atoms with van der Waals surface area (Å²) in [6, 6.07) is 0. The molecule has 0 aromatic rings. The molecule has 0 aromatic heterocycles. The third kappa shape index (κ3) is 72.3. The first kappa shape index (κ1) is 96.5. The summed E-state index contributed by atoms with van der Waals surface area (Å²) >= 11 is 0. The Morgan fingerprint density at radius 3 is 0.899 bits per heavy atom. The molecule has 0 spiro atoms. The maximum absolute atomic E-state index is 13.1. The monoisotopic (exact) mass is 1450 g/mol. The van der Waals surface area contributed by atoms with E-state index in [2.05, 4.69) is 72.8 Å². The average molecular weight is 1450 g/mol. The zero-order valence-corrected chi connectivity index (χ0v) is 66.2. The topological polar surface area (TPSA) is 237 Å². The normalized spacial score (nSPS) is 14.4. The molecule has 6 atom stereocenters.